The summed E-state index contributed by atoms with van der Waals surface area (Å²) in [5.74, 6) is -0.242. The molecule has 0 spiro atoms. The zero-order valence-electron chi connectivity index (χ0n) is 6.46. The first-order chi connectivity index (χ1) is 5.20. The fourth-order valence-corrected chi connectivity index (χ4v) is 0.835. The summed E-state index contributed by atoms with van der Waals surface area (Å²) < 4.78 is 8.90. The van der Waals surface area contributed by atoms with Gasteiger partial charge in [-0.2, -0.15) is 0 Å². The molecule has 0 amide bonds. The van der Waals surface area contributed by atoms with Gasteiger partial charge in [0.15, 0.2) is 0 Å². The van der Waals surface area contributed by atoms with Crippen molar-refractivity contribution >= 4 is 22.8 Å². The van der Waals surface area contributed by atoms with Crippen LogP contribution in [-0.2, 0) is 19.1 Å². The SMILES string of the molecule is COCSC(=O)CC(=O)OC. The normalized spacial score (nSPS) is 9.27. The van der Waals surface area contributed by atoms with E-state index in [9.17, 15) is 9.59 Å². The van der Waals surface area contributed by atoms with Crippen LogP contribution in [0.2, 0.25) is 0 Å². The minimum atomic E-state index is -0.515. The minimum absolute atomic E-state index is 0.190. The van der Waals surface area contributed by atoms with Crippen LogP contribution < -0.4 is 0 Å². The smallest absolute Gasteiger partial charge is 0.313 e. The van der Waals surface area contributed by atoms with Crippen LogP contribution in [0, 0.1) is 0 Å². The Morgan fingerprint density at radius 2 is 2.00 bits per heavy atom. The summed E-state index contributed by atoms with van der Waals surface area (Å²) in [4.78, 5) is 21.2. The number of rotatable bonds is 4. The highest BCUT2D eigenvalue weighted by Crippen LogP contribution is 2.05. The second-order valence-electron chi connectivity index (χ2n) is 1.68. The van der Waals surface area contributed by atoms with Crippen LogP contribution in [0.25, 0.3) is 0 Å². The Morgan fingerprint density at radius 1 is 1.36 bits per heavy atom. The van der Waals surface area contributed by atoms with Crippen molar-refractivity contribution < 1.29 is 19.1 Å². The second kappa shape index (κ2) is 6.18. The lowest BCUT2D eigenvalue weighted by Crippen LogP contribution is -2.06. The van der Waals surface area contributed by atoms with E-state index < -0.39 is 5.97 Å². The lowest BCUT2D eigenvalue weighted by Gasteiger charge is -1.97. The molecular weight excluding hydrogens is 168 g/mol. The maximum absolute atomic E-state index is 10.8. The van der Waals surface area contributed by atoms with Crippen LogP contribution in [0.15, 0.2) is 0 Å². The molecule has 0 aliphatic rings. The first kappa shape index (κ1) is 10.4. The van der Waals surface area contributed by atoms with Crippen LogP contribution in [0.5, 0.6) is 0 Å². The molecular formula is C6H10O4S. The van der Waals surface area contributed by atoms with E-state index in [1.54, 1.807) is 0 Å². The maximum atomic E-state index is 10.8. The van der Waals surface area contributed by atoms with Crippen molar-refractivity contribution in [1.82, 2.24) is 0 Å². The van der Waals surface area contributed by atoms with Crippen molar-refractivity contribution in [3.63, 3.8) is 0 Å². The summed E-state index contributed by atoms with van der Waals surface area (Å²) in [6.07, 6.45) is -0.190. The molecule has 0 radical (unpaired) electrons. The Morgan fingerprint density at radius 3 is 2.45 bits per heavy atom. The lowest BCUT2D eigenvalue weighted by atomic mass is 10.5. The van der Waals surface area contributed by atoms with E-state index in [0.717, 1.165) is 11.8 Å². The van der Waals surface area contributed by atoms with E-state index >= 15 is 0 Å². The predicted octanol–water partition coefficient (Wildman–Crippen LogP) is 0.413. The van der Waals surface area contributed by atoms with Gasteiger partial charge >= 0.3 is 5.97 Å². The molecule has 0 rings (SSSR count). The number of carbonyl (C=O) groups excluding carboxylic acids is 2. The van der Waals surface area contributed by atoms with Gasteiger partial charge in [-0.3, -0.25) is 9.59 Å². The third-order valence-electron chi connectivity index (χ3n) is 0.854. The van der Waals surface area contributed by atoms with Crippen molar-refractivity contribution in [2.24, 2.45) is 0 Å². The molecule has 0 aromatic carbocycles. The molecule has 0 saturated heterocycles. The van der Waals surface area contributed by atoms with Gasteiger partial charge in [0.05, 0.1) is 13.0 Å². The zero-order chi connectivity index (χ0) is 8.69. The first-order valence-electron chi connectivity index (χ1n) is 2.92. The van der Waals surface area contributed by atoms with Crippen LogP contribution in [0.3, 0.4) is 0 Å². The third-order valence-corrected chi connectivity index (χ3v) is 1.67. The molecule has 0 N–H and O–H groups in total. The van der Waals surface area contributed by atoms with Crippen molar-refractivity contribution in [3.05, 3.63) is 0 Å². The number of hydrogen-bond acceptors (Lipinski definition) is 5. The van der Waals surface area contributed by atoms with Gasteiger partial charge in [0.25, 0.3) is 0 Å². The van der Waals surface area contributed by atoms with Gasteiger partial charge in [0.1, 0.15) is 6.42 Å². The van der Waals surface area contributed by atoms with E-state index in [1.165, 1.54) is 14.2 Å². The van der Waals surface area contributed by atoms with Gasteiger partial charge in [-0.25, -0.2) is 0 Å². The summed E-state index contributed by atoms with van der Waals surface area (Å²) in [6, 6.07) is 0. The van der Waals surface area contributed by atoms with Crippen LogP contribution in [0.1, 0.15) is 6.42 Å². The quantitative estimate of drug-likeness (QED) is 0.354. The van der Waals surface area contributed by atoms with E-state index in [0.29, 0.717) is 0 Å². The van der Waals surface area contributed by atoms with Gasteiger partial charge < -0.3 is 9.47 Å². The van der Waals surface area contributed by atoms with Gasteiger partial charge in [-0.05, 0) is 0 Å². The number of ether oxygens (including phenoxy) is 2. The van der Waals surface area contributed by atoms with E-state index in [2.05, 4.69) is 9.47 Å². The van der Waals surface area contributed by atoms with E-state index in [1.807, 2.05) is 0 Å². The number of thioether (sulfide) groups is 1. The van der Waals surface area contributed by atoms with Crippen molar-refractivity contribution in [2.45, 2.75) is 6.42 Å². The highest BCUT2D eigenvalue weighted by atomic mass is 32.2. The van der Waals surface area contributed by atoms with Gasteiger partial charge in [-0.15, -0.1) is 0 Å². The molecule has 64 valence electrons. The Balaban J connectivity index is 3.44. The minimum Gasteiger partial charge on any atom is -0.469 e. The van der Waals surface area contributed by atoms with Crippen molar-refractivity contribution in [2.75, 3.05) is 20.2 Å². The number of carbonyl (C=O) groups is 2. The molecule has 11 heavy (non-hydrogen) atoms. The Labute approximate surface area is 69.2 Å². The van der Waals surface area contributed by atoms with Crippen LogP contribution >= 0.6 is 11.8 Å². The van der Waals surface area contributed by atoms with E-state index in [4.69, 9.17) is 0 Å². The number of hydrogen-bond donors (Lipinski definition) is 0. The molecule has 0 aliphatic heterocycles. The Kier molecular flexibility index (Phi) is 5.87. The van der Waals surface area contributed by atoms with Crippen molar-refractivity contribution in [3.8, 4) is 0 Å². The Hall–Kier alpha value is -0.550. The monoisotopic (exact) mass is 178 g/mol. The summed E-state index contributed by atoms with van der Waals surface area (Å²) in [7, 11) is 2.73. The van der Waals surface area contributed by atoms with Crippen LogP contribution in [-0.4, -0.2) is 31.2 Å². The first-order valence-corrected chi connectivity index (χ1v) is 3.90. The molecule has 0 fully saturated rings. The molecule has 0 aromatic rings. The maximum Gasteiger partial charge on any atom is 0.313 e. The fourth-order valence-electron chi connectivity index (χ4n) is 0.366. The van der Waals surface area contributed by atoms with Gasteiger partial charge in [0.2, 0.25) is 5.12 Å². The fraction of sp³-hybridized carbons (Fsp3) is 0.667. The number of methoxy groups -OCH3 is 2. The molecule has 0 bridgehead atoms. The topological polar surface area (TPSA) is 52.6 Å². The average molecular weight is 178 g/mol. The van der Waals surface area contributed by atoms with Crippen molar-refractivity contribution in [1.29, 1.82) is 0 Å². The predicted molar refractivity (Wildman–Crippen MR) is 41.1 cm³/mol. The summed E-state index contributed by atoms with van der Waals surface area (Å²) in [5.41, 5.74) is 0. The highest BCUT2D eigenvalue weighted by molar-refractivity contribution is 8.13. The standard InChI is InChI=1S/C6H10O4S/c1-9-4-11-6(8)3-5(7)10-2/h3-4H2,1-2H3. The number of esters is 1. The lowest BCUT2D eigenvalue weighted by molar-refractivity contribution is -0.142. The molecule has 0 aromatic heterocycles. The van der Waals surface area contributed by atoms with Gasteiger partial charge in [-0.1, -0.05) is 11.8 Å². The Bertz CT molecular complexity index is 146. The highest BCUT2D eigenvalue weighted by Gasteiger charge is 2.08. The summed E-state index contributed by atoms with van der Waals surface area (Å²) in [6.45, 7) is 0. The average Bonchev–Trinajstić information content (AvgIpc) is 2.00. The molecule has 0 unspecified atom stereocenters. The molecule has 5 heteroatoms. The largest absolute Gasteiger partial charge is 0.469 e. The summed E-state index contributed by atoms with van der Waals surface area (Å²) in [5, 5.41) is -0.237. The molecule has 0 saturated carbocycles. The molecule has 4 nitrogen and oxygen atoms in total. The summed E-state index contributed by atoms with van der Waals surface area (Å²) >= 11 is 0.958. The van der Waals surface area contributed by atoms with Gasteiger partial charge in [0, 0.05) is 7.11 Å². The third kappa shape index (κ3) is 5.87. The second-order valence-corrected chi connectivity index (χ2v) is 2.66. The molecule has 0 heterocycles. The zero-order valence-corrected chi connectivity index (χ0v) is 7.27. The molecule has 0 aliphatic carbocycles. The van der Waals surface area contributed by atoms with E-state index in [-0.39, 0.29) is 17.5 Å². The van der Waals surface area contributed by atoms with Crippen LogP contribution in [0.4, 0.5) is 0 Å². The molecule has 0 atom stereocenters.